The van der Waals surface area contributed by atoms with Gasteiger partial charge in [0, 0.05) is 12.1 Å². The Morgan fingerprint density at radius 3 is 2.58 bits per heavy atom. The van der Waals surface area contributed by atoms with E-state index < -0.39 is 5.82 Å². The zero-order valence-electron chi connectivity index (χ0n) is 11.5. The molecule has 2 aromatic rings. The largest absolute Gasteiger partial charge is 0.369 e. The van der Waals surface area contributed by atoms with Gasteiger partial charge in [0.2, 0.25) is 5.95 Å². The first-order valence-corrected chi connectivity index (χ1v) is 6.99. The molecule has 0 fully saturated rings. The van der Waals surface area contributed by atoms with E-state index in [1.165, 1.54) is 6.07 Å². The normalized spacial score (nSPS) is 13.4. The van der Waals surface area contributed by atoms with Crippen molar-refractivity contribution in [1.29, 1.82) is 0 Å². The van der Waals surface area contributed by atoms with Gasteiger partial charge in [-0.1, -0.05) is 38.3 Å². The smallest absolute Gasteiger partial charge is 0.201 e. The SMILES string of the molecule is CCC(CC)C(C)n1c(N)nc2cc(F)c(Cl)cc21. The summed E-state index contributed by atoms with van der Waals surface area (Å²) >= 11 is 5.86. The topological polar surface area (TPSA) is 43.8 Å². The van der Waals surface area contributed by atoms with Gasteiger partial charge in [0.25, 0.3) is 0 Å². The van der Waals surface area contributed by atoms with Crippen molar-refractivity contribution in [2.75, 3.05) is 5.73 Å². The molecule has 0 aliphatic rings. The van der Waals surface area contributed by atoms with Crippen LogP contribution in [-0.2, 0) is 0 Å². The van der Waals surface area contributed by atoms with E-state index in [-0.39, 0.29) is 11.1 Å². The summed E-state index contributed by atoms with van der Waals surface area (Å²) in [6, 6.07) is 3.15. The Bertz CT molecular complexity index is 590. The molecule has 0 saturated heterocycles. The number of hydrogen-bond acceptors (Lipinski definition) is 2. The predicted molar refractivity (Wildman–Crippen MR) is 77.9 cm³/mol. The van der Waals surface area contributed by atoms with Gasteiger partial charge in [-0.05, 0) is 18.9 Å². The number of hydrogen-bond donors (Lipinski definition) is 1. The molecule has 0 bridgehead atoms. The molecule has 19 heavy (non-hydrogen) atoms. The van der Waals surface area contributed by atoms with E-state index in [4.69, 9.17) is 17.3 Å². The van der Waals surface area contributed by atoms with Crippen LogP contribution in [0.2, 0.25) is 5.02 Å². The van der Waals surface area contributed by atoms with Crippen molar-refractivity contribution >= 4 is 28.6 Å². The maximum atomic E-state index is 13.5. The molecule has 0 aliphatic carbocycles. The fourth-order valence-corrected chi connectivity index (χ4v) is 2.88. The zero-order chi connectivity index (χ0) is 14.2. The van der Waals surface area contributed by atoms with Crippen LogP contribution in [-0.4, -0.2) is 9.55 Å². The lowest BCUT2D eigenvalue weighted by atomic mass is 9.95. The van der Waals surface area contributed by atoms with Crippen LogP contribution in [0.5, 0.6) is 0 Å². The summed E-state index contributed by atoms with van der Waals surface area (Å²) in [5.74, 6) is 0.452. The van der Waals surface area contributed by atoms with Gasteiger partial charge in [0.05, 0.1) is 16.1 Å². The van der Waals surface area contributed by atoms with Gasteiger partial charge in [-0.2, -0.15) is 0 Å². The van der Waals surface area contributed by atoms with Crippen LogP contribution >= 0.6 is 11.6 Å². The molecule has 0 aliphatic heterocycles. The minimum Gasteiger partial charge on any atom is -0.369 e. The molecule has 1 heterocycles. The third-order valence-electron chi connectivity index (χ3n) is 3.90. The second kappa shape index (κ2) is 5.37. The number of anilines is 1. The summed E-state index contributed by atoms with van der Waals surface area (Å²) in [5.41, 5.74) is 7.34. The molecule has 1 atom stereocenters. The lowest BCUT2D eigenvalue weighted by Gasteiger charge is -2.24. The summed E-state index contributed by atoms with van der Waals surface area (Å²) in [7, 11) is 0. The Kier molecular flexibility index (Phi) is 3.99. The highest BCUT2D eigenvalue weighted by molar-refractivity contribution is 6.31. The van der Waals surface area contributed by atoms with Crippen LogP contribution in [0.4, 0.5) is 10.3 Å². The van der Waals surface area contributed by atoms with Gasteiger partial charge in [0.1, 0.15) is 5.82 Å². The van der Waals surface area contributed by atoms with Crippen LogP contribution in [0.15, 0.2) is 12.1 Å². The summed E-state index contributed by atoms with van der Waals surface area (Å²) < 4.78 is 15.4. The van der Waals surface area contributed by atoms with Crippen LogP contribution in [0.25, 0.3) is 11.0 Å². The zero-order valence-corrected chi connectivity index (χ0v) is 12.2. The summed E-state index contributed by atoms with van der Waals surface area (Å²) in [6.07, 6.45) is 2.12. The van der Waals surface area contributed by atoms with Crippen molar-refractivity contribution in [2.45, 2.75) is 39.7 Å². The van der Waals surface area contributed by atoms with Gasteiger partial charge in [-0.25, -0.2) is 9.37 Å². The van der Waals surface area contributed by atoms with Gasteiger partial charge in [0.15, 0.2) is 0 Å². The van der Waals surface area contributed by atoms with Crippen molar-refractivity contribution in [1.82, 2.24) is 9.55 Å². The van der Waals surface area contributed by atoms with E-state index in [0.29, 0.717) is 17.4 Å². The minimum atomic E-state index is -0.464. The van der Waals surface area contributed by atoms with Crippen molar-refractivity contribution in [3.05, 3.63) is 23.0 Å². The number of benzene rings is 1. The third-order valence-corrected chi connectivity index (χ3v) is 4.19. The lowest BCUT2D eigenvalue weighted by molar-refractivity contribution is 0.342. The number of imidazole rings is 1. The molecule has 2 N–H and O–H groups in total. The molecule has 1 aromatic heterocycles. The fraction of sp³-hybridized carbons (Fsp3) is 0.500. The Hall–Kier alpha value is -1.29. The Labute approximate surface area is 117 Å². The van der Waals surface area contributed by atoms with Crippen LogP contribution in [0.3, 0.4) is 0 Å². The fourth-order valence-electron chi connectivity index (χ4n) is 2.72. The number of halogens is 2. The van der Waals surface area contributed by atoms with Crippen molar-refractivity contribution < 1.29 is 4.39 Å². The Morgan fingerprint density at radius 2 is 2.00 bits per heavy atom. The summed E-state index contributed by atoms with van der Waals surface area (Å²) in [6.45, 7) is 6.44. The van der Waals surface area contributed by atoms with Crippen molar-refractivity contribution in [2.24, 2.45) is 5.92 Å². The number of aromatic nitrogens is 2. The van der Waals surface area contributed by atoms with E-state index in [2.05, 4.69) is 25.8 Å². The second-order valence-corrected chi connectivity index (χ2v) is 5.32. The number of nitrogens with two attached hydrogens (primary N) is 1. The maximum absolute atomic E-state index is 13.5. The highest BCUT2D eigenvalue weighted by Gasteiger charge is 2.21. The highest BCUT2D eigenvalue weighted by atomic mass is 35.5. The standard InChI is InChI=1S/C14H19ClFN3/c1-4-9(5-2)8(3)19-13-6-10(15)11(16)7-12(13)18-14(19)17/h6-9H,4-5H2,1-3H3,(H2,17,18). The molecule has 1 unspecified atom stereocenters. The molecule has 3 nitrogen and oxygen atoms in total. The molecule has 2 rings (SSSR count). The third kappa shape index (κ3) is 2.41. The Morgan fingerprint density at radius 1 is 1.37 bits per heavy atom. The van der Waals surface area contributed by atoms with Crippen molar-refractivity contribution in [3.8, 4) is 0 Å². The average molecular weight is 284 g/mol. The second-order valence-electron chi connectivity index (χ2n) is 4.91. The van der Waals surface area contributed by atoms with Crippen LogP contribution in [0.1, 0.15) is 39.7 Å². The molecular formula is C14H19ClFN3. The molecular weight excluding hydrogens is 265 g/mol. The van der Waals surface area contributed by atoms with Crippen molar-refractivity contribution in [3.63, 3.8) is 0 Å². The van der Waals surface area contributed by atoms with E-state index in [1.807, 2.05) is 4.57 Å². The molecule has 1 aromatic carbocycles. The quantitative estimate of drug-likeness (QED) is 0.903. The van der Waals surface area contributed by atoms with Gasteiger partial charge < -0.3 is 10.3 Å². The monoisotopic (exact) mass is 283 g/mol. The van der Waals surface area contributed by atoms with E-state index >= 15 is 0 Å². The van der Waals surface area contributed by atoms with Gasteiger partial charge in [-0.15, -0.1) is 0 Å². The van der Waals surface area contributed by atoms with E-state index in [1.54, 1.807) is 6.07 Å². The number of rotatable bonds is 4. The molecule has 0 spiro atoms. The summed E-state index contributed by atoms with van der Waals surface area (Å²) in [5, 5.41) is 0.102. The Balaban J connectivity index is 2.59. The average Bonchev–Trinajstić information content (AvgIpc) is 2.66. The first-order valence-electron chi connectivity index (χ1n) is 6.62. The number of nitrogen functional groups attached to an aromatic ring is 1. The van der Waals surface area contributed by atoms with Gasteiger partial charge in [-0.3, -0.25) is 0 Å². The molecule has 0 amide bonds. The number of nitrogens with zero attached hydrogens (tertiary/aromatic N) is 2. The number of fused-ring (bicyclic) bond motifs is 1. The van der Waals surface area contributed by atoms with E-state index in [0.717, 1.165) is 18.4 Å². The van der Waals surface area contributed by atoms with Crippen LogP contribution in [0, 0.1) is 11.7 Å². The first-order chi connectivity index (χ1) is 8.99. The molecule has 104 valence electrons. The summed E-state index contributed by atoms with van der Waals surface area (Å²) in [4.78, 5) is 4.23. The molecule has 0 saturated carbocycles. The minimum absolute atomic E-state index is 0.102. The predicted octanol–water partition coefficient (Wildman–Crippen LogP) is 4.41. The maximum Gasteiger partial charge on any atom is 0.201 e. The van der Waals surface area contributed by atoms with Crippen LogP contribution < -0.4 is 5.73 Å². The molecule has 5 heteroatoms. The highest BCUT2D eigenvalue weighted by Crippen LogP contribution is 2.32. The first kappa shape index (κ1) is 14.1. The lowest BCUT2D eigenvalue weighted by Crippen LogP contribution is -2.17. The van der Waals surface area contributed by atoms with E-state index in [9.17, 15) is 4.39 Å². The van der Waals surface area contributed by atoms with Gasteiger partial charge >= 0.3 is 0 Å². The molecule has 0 radical (unpaired) electrons.